The van der Waals surface area contributed by atoms with Gasteiger partial charge in [0.05, 0.1) is 17.2 Å². The summed E-state index contributed by atoms with van der Waals surface area (Å²) >= 11 is 0. The lowest BCUT2D eigenvalue weighted by atomic mass is 10.0. The van der Waals surface area contributed by atoms with E-state index < -0.39 is 10.0 Å². The number of carbonyl (C=O) groups excluding carboxylic acids is 1. The van der Waals surface area contributed by atoms with E-state index in [9.17, 15) is 13.2 Å². The van der Waals surface area contributed by atoms with Gasteiger partial charge in [-0.3, -0.25) is 9.10 Å². The van der Waals surface area contributed by atoms with Gasteiger partial charge in [-0.1, -0.05) is 24.3 Å². The lowest BCUT2D eigenvalue weighted by Crippen LogP contribution is -2.35. The van der Waals surface area contributed by atoms with E-state index in [0.717, 1.165) is 18.4 Å². The first-order valence-corrected chi connectivity index (χ1v) is 11.7. The number of rotatable bonds is 6. The molecular formula is C24H24N2O4S. The number of aryl methyl sites for hydroxylation is 1. The number of carbonyl (C=O) groups is 1. The molecule has 0 aromatic heterocycles. The molecule has 3 aromatic carbocycles. The Hall–Kier alpha value is -3.32. The normalized spacial score (nSPS) is 13.4. The zero-order valence-corrected chi connectivity index (χ0v) is 18.1. The summed E-state index contributed by atoms with van der Waals surface area (Å²) in [5.41, 5.74) is 2.60. The van der Waals surface area contributed by atoms with Crippen LogP contribution in [-0.4, -0.2) is 27.5 Å². The fourth-order valence-electron chi connectivity index (χ4n) is 3.66. The van der Waals surface area contributed by atoms with Crippen molar-refractivity contribution in [3.8, 4) is 5.75 Å². The summed E-state index contributed by atoms with van der Waals surface area (Å²) < 4.78 is 33.3. The Labute approximate surface area is 182 Å². The van der Waals surface area contributed by atoms with Crippen LogP contribution in [0.2, 0.25) is 0 Å². The average molecular weight is 437 g/mol. The molecule has 0 saturated heterocycles. The van der Waals surface area contributed by atoms with Crippen LogP contribution < -0.4 is 14.4 Å². The molecule has 1 aliphatic heterocycles. The maximum atomic E-state index is 13.2. The number of benzene rings is 3. The van der Waals surface area contributed by atoms with Crippen molar-refractivity contribution in [2.45, 2.75) is 24.7 Å². The Morgan fingerprint density at radius 1 is 1.03 bits per heavy atom. The lowest BCUT2D eigenvalue weighted by Gasteiger charge is -2.31. The van der Waals surface area contributed by atoms with Gasteiger partial charge in [-0.05, 0) is 73.9 Å². The smallest absolute Gasteiger partial charge is 0.264 e. The summed E-state index contributed by atoms with van der Waals surface area (Å²) in [5, 5.41) is 2.87. The number of hydrogen-bond acceptors (Lipinski definition) is 4. The number of nitrogens with one attached hydrogen (secondary N) is 1. The van der Waals surface area contributed by atoms with Crippen molar-refractivity contribution < 1.29 is 17.9 Å². The third kappa shape index (κ3) is 4.41. The summed E-state index contributed by atoms with van der Waals surface area (Å²) in [6, 6.07) is 20.7. The molecule has 0 aliphatic carbocycles. The van der Waals surface area contributed by atoms with Crippen LogP contribution in [0.1, 0.15) is 29.3 Å². The van der Waals surface area contributed by atoms with E-state index in [2.05, 4.69) is 5.32 Å². The third-order valence-corrected chi connectivity index (χ3v) is 7.01. The van der Waals surface area contributed by atoms with Crippen molar-refractivity contribution in [3.05, 3.63) is 83.9 Å². The molecule has 3 aromatic rings. The molecule has 0 bridgehead atoms. The molecule has 31 heavy (non-hydrogen) atoms. The maximum absolute atomic E-state index is 13.2. The number of nitrogens with zero attached hydrogens (tertiary/aromatic N) is 1. The maximum Gasteiger partial charge on any atom is 0.264 e. The average Bonchev–Trinajstić information content (AvgIpc) is 2.80. The number of ether oxygens (including phenoxy) is 1. The standard InChI is InChI=1S/C24H24N2O4S/c1-2-30-21-14-11-19(12-15-21)24(27)25-20-13-10-18-7-6-16-26(23(18)17-20)31(28,29)22-8-4-3-5-9-22/h3-5,8-15,17H,2,6-7,16H2,1H3,(H,25,27). The topological polar surface area (TPSA) is 75.7 Å². The first kappa shape index (κ1) is 20.9. The molecule has 0 fully saturated rings. The van der Waals surface area contributed by atoms with Crippen LogP contribution in [-0.2, 0) is 16.4 Å². The van der Waals surface area contributed by atoms with Gasteiger partial charge in [-0.15, -0.1) is 0 Å². The van der Waals surface area contributed by atoms with Gasteiger partial charge >= 0.3 is 0 Å². The van der Waals surface area contributed by atoms with Gasteiger partial charge in [0.25, 0.3) is 15.9 Å². The van der Waals surface area contributed by atoms with Crippen LogP contribution in [0.4, 0.5) is 11.4 Å². The van der Waals surface area contributed by atoms with Gasteiger partial charge in [0, 0.05) is 17.8 Å². The van der Waals surface area contributed by atoms with Gasteiger partial charge in [0.2, 0.25) is 0 Å². The van der Waals surface area contributed by atoms with Crippen LogP contribution in [0.15, 0.2) is 77.7 Å². The first-order valence-electron chi connectivity index (χ1n) is 10.2. The summed E-state index contributed by atoms with van der Waals surface area (Å²) in [5.74, 6) is 0.436. The van der Waals surface area contributed by atoms with Crippen molar-refractivity contribution in [1.29, 1.82) is 0 Å². The molecule has 0 radical (unpaired) electrons. The van der Waals surface area contributed by atoms with Crippen molar-refractivity contribution in [1.82, 2.24) is 0 Å². The number of amides is 1. The molecule has 0 atom stereocenters. The van der Waals surface area contributed by atoms with Gasteiger partial charge < -0.3 is 10.1 Å². The monoisotopic (exact) mass is 436 g/mol. The van der Waals surface area contributed by atoms with E-state index in [1.54, 1.807) is 60.7 Å². The second-order valence-electron chi connectivity index (χ2n) is 7.25. The molecule has 0 unspecified atom stereocenters. The highest BCUT2D eigenvalue weighted by molar-refractivity contribution is 7.92. The molecule has 0 saturated carbocycles. The van der Waals surface area contributed by atoms with Crippen molar-refractivity contribution in [3.63, 3.8) is 0 Å². The van der Waals surface area contributed by atoms with Gasteiger partial charge in [0.1, 0.15) is 5.75 Å². The Bertz CT molecular complexity index is 1180. The molecule has 6 nitrogen and oxygen atoms in total. The van der Waals surface area contributed by atoms with E-state index in [1.807, 2.05) is 19.1 Å². The van der Waals surface area contributed by atoms with Crippen LogP contribution >= 0.6 is 0 Å². The van der Waals surface area contributed by atoms with Crippen LogP contribution in [0, 0.1) is 0 Å². The predicted molar refractivity (Wildman–Crippen MR) is 121 cm³/mol. The fourth-order valence-corrected chi connectivity index (χ4v) is 5.21. The van der Waals surface area contributed by atoms with Crippen molar-refractivity contribution in [2.75, 3.05) is 22.8 Å². The van der Waals surface area contributed by atoms with Crippen LogP contribution in [0.5, 0.6) is 5.75 Å². The van der Waals surface area contributed by atoms with E-state index in [4.69, 9.17) is 4.74 Å². The van der Waals surface area contributed by atoms with Crippen molar-refractivity contribution >= 4 is 27.3 Å². The summed E-state index contributed by atoms with van der Waals surface area (Å²) in [4.78, 5) is 12.9. The van der Waals surface area contributed by atoms with Crippen LogP contribution in [0.3, 0.4) is 0 Å². The highest BCUT2D eigenvalue weighted by Gasteiger charge is 2.29. The highest BCUT2D eigenvalue weighted by atomic mass is 32.2. The molecule has 1 heterocycles. The summed E-state index contributed by atoms with van der Waals surface area (Å²) in [6.07, 6.45) is 1.54. The van der Waals surface area contributed by atoms with E-state index >= 15 is 0 Å². The molecule has 4 rings (SSSR count). The minimum Gasteiger partial charge on any atom is -0.494 e. The van der Waals surface area contributed by atoms with Crippen LogP contribution in [0.25, 0.3) is 0 Å². The summed E-state index contributed by atoms with van der Waals surface area (Å²) in [7, 11) is -3.68. The Kier molecular flexibility index (Phi) is 5.95. The number of anilines is 2. The lowest BCUT2D eigenvalue weighted by molar-refractivity contribution is 0.102. The zero-order valence-electron chi connectivity index (χ0n) is 17.2. The minimum atomic E-state index is -3.68. The fraction of sp³-hybridized carbons (Fsp3) is 0.208. The SMILES string of the molecule is CCOc1ccc(C(=O)Nc2ccc3c(c2)N(S(=O)(=O)c2ccccc2)CCC3)cc1. The molecule has 1 amide bonds. The van der Waals surface area contributed by atoms with Crippen molar-refractivity contribution in [2.24, 2.45) is 0 Å². The van der Waals surface area contributed by atoms with E-state index in [-0.39, 0.29) is 10.8 Å². The molecule has 1 aliphatic rings. The largest absolute Gasteiger partial charge is 0.494 e. The quantitative estimate of drug-likeness (QED) is 0.618. The Balaban J connectivity index is 1.60. The molecule has 7 heteroatoms. The number of fused-ring (bicyclic) bond motifs is 1. The Morgan fingerprint density at radius 2 is 1.77 bits per heavy atom. The first-order chi connectivity index (χ1) is 15.0. The third-order valence-electron chi connectivity index (χ3n) is 5.18. The summed E-state index contributed by atoms with van der Waals surface area (Å²) in [6.45, 7) is 2.86. The molecular weight excluding hydrogens is 412 g/mol. The number of hydrogen-bond donors (Lipinski definition) is 1. The zero-order chi connectivity index (χ0) is 21.8. The van der Waals surface area contributed by atoms with E-state index in [0.29, 0.717) is 35.8 Å². The minimum absolute atomic E-state index is 0.256. The van der Waals surface area contributed by atoms with E-state index in [1.165, 1.54) is 4.31 Å². The van der Waals surface area contributed by atoms with Gasteiger partial charge in [-0.2, -0.15) is 0 Å². The molecule has 0 spiro atoms. The van der Waals surface area contributed by atoms with Gasteiger partial charge in [-0.25, -0.2) is 8.42 Å². The predicted octanol–water partition coefficient (Wildman–Crippen LogP) is 4.48. The van der Waals surface area contributed by atoms with Gasteiger partial charge in [0.15, 0.2) is 0 Å². The number of sulfonamides is 1. The Morgan fingerprint density at radius 3 is 2.48 bits per heavy atom. The highest BCUT2D eigenvalue weighted by Crippen LogP contribution is 2.34. The molecule has 160 valence electrons. The molecule has 1 N–H and O–H groups in total. The second kappa shape index (κ2) is 8.81. The second-order valence-corrected chi connectivity index (χ2v) is 9.11.